The molecule has 0 radical (unpaired) electrons. The van der Waals surface area contributed by atoms with Crippen molar-refractivity contribution in [3.05, 3.63) is 110 Å². The summed E-state index contributed by atoms with van der Waals surface area (Å²) in [5, 5.41) is 0.373. The topological polar surface area (TPSA) is 92.4 Å². The van der Waals surface area contributed by atoms with Crippen LogP contribution in [0.2, 0.25) is 0 Å². The highest BCUT2D eigenvalue weighted by atomic mass is 79.9. The number of carbonyl (C=O) groups is 1. The lowest BCUT2D eigenvalue weighted by Crippen LogP contribution is -2.41. The Kier molecular flexibility index (Phi) is 9.03. The van der Waals surface area contributed by atoms with Crippen LogP contribution in [0.5, 0.6) is 0 Å². The molecule has 0 aliphatic carbocycles. The zero-order valence-electron chi connectivity index (χ0n) is 20.5. The molecule has 0 fully saturated rings. The van der Waals surface area contributed by atoms with E-state index in [-0.39, 0.29) is 31.2 Å². The van der Waals surface area contributed by atoms with Crippen LogP contribution in [-0.4, -0.2) is 38.1 Å². The van der Waals surface area contributed by atoms with Gasteiger partial charge in [-0.05, 0) is 42.2 Å². The van der Waals surface area contributed by atoms with E-state index in [2.05, 4.69) is 20.9 Å². The normalized spacial score (nSPS) is 11.9. The molecule has 0 saturated carbocycles. The summed E-state index contributed by atoms with van der Waals surface area (Å²) >= 11 is 3.37. The van der Waals surface area contributed by atoms with E-state index in [1.807, 2.05) is 54.6 Å². The van der Waals surface area contributed by atoms with Crippen molar-refractivity contribution in [2.75, 3.05) is 13.2 Å². The molecule has 4 aromatic rings. The van der Waals surface area contributed by atoms with E-state index in [1.165, 1.54) is 9.13 Å². The maximum absolute atomic E-state index is 13.4. The summed E-state index contributed by atoms with van der Waals surface area (Å²) in [6, 6.07) is 20.7. The van der Waals surface area contributed by atoms with Crippen molar-refractivity contribution in [1.29, 1.82) is 0 Å². The zero-order valence-corrected chi connectivity index (χ0v) is 22.1. The summed E-state index contributed by atoms with van der Waals surface area (Å²) in [7, 11) is 0. The Morgan fingerprint density at radius 1 is 0.946 bits per heavy atom. The van der Waals surface area contributed by atoms with Crippen molar-refractivity contribution in [3.8, 4) is 0 Å². The number of alkyl halides is 1. The summed E-state index contributed by atoms with van der Waals surface area (Å²) in [5.74, 6) is -0.300. The first kappa shape index (κ1) is 26.5. The Bertz CT molecular complexity index is 1470. The van der Waals surface area contributed by atoms with Crippen LogP contribution in [-0.2, 0) is 40.4 Å². The number of aromatic nitrogens is 3. The molecular formula is C28H28BrN3O5. The first-order valence-corrected chi connectivity index (χ1v) is 13.0. The maximum Gasteiger partial charge on any atom is 0.333 e. The van der Waals surface area contributed by atoms with Gasteiger partial charge in [-0.1, -0.05) is 70.5 Å². The molecule has 4 rings (SSSR count). The van der Waals surface area contributed by atoms with Crippen molar-refractivity contribution in [1.82, 2.24) is 14.1 Å². The molecule has 2 heterocycles. The lowest BCUT2D eigenvalue weighted by atomic mass is 10.1. The number of halogens is 1. The van der Waals surface area contributed by atoms with E-state index >= 15 is 0 Å². The molecule has 0 N–H and O–H groups in total. The van der Waals surface area contributed by atoms with Crippen LogP contribution in [0, 0.1) is 0 Å². The molecular weight excluding hydrogens is 538 g/mol. The highest BCUT2D eigenvalue weighted by molar-refractivity contribution is 9.10. The van der Waals surface area contributed by atoms with E-state index in [0.717, 1.165) is 16.7 Å². The zero-order chi connectivity index (χ0) is 26.2. The van der Waals surface area contributed by atoms with Gasteiger partial charge in [0.05, 0.1) is 38.3 Å². The second kappa shape index (κ2) is 12.6. The summed E-state index contributed by atoms with van der Waals surface area (Å²) in [4.78, 5) is 42.3. The van der Waals surface area contributed by atoms with Gasteiger partial charge in [0.25, 0.3) is 5.56 Å². The van der Waals surface area contributed by atoms with Crippen molar-refractivity contribution >= 4 is 32.9 Å². The van der Waals surface area contributed by atoms with E-state index < -0.39 is 10.5 Å². The van der Waals surface area contributed by atoms with Gasteiger partial charge in [0, 0.05) is 6.20 Å². The fourth-order valence-electron chi connectivity index (χ4n) is 3.99. The molecule has 2 aromatic carbocycles. The molecule has 9 heteroatoms. The smallest absolute Gasteiger partial charge is 0.333 e. The highest BCUT2D eigenvalue weighted by Crippen LogP contribution is 2.14. The lowest BCUT2D eigenvalue weighted by Gasteiger charge is -2.14. The number of ether oxygens (including phenoxy) is 2. The van der Waals surface area contributed by atoms with Crippen molar-refractivity contribution in [3.63, 3.8) is 0 Å². The summed E-state index contributed by atoms with van der Waals surface area (Å²) < 4.78 is 13.5. The summed E-state index contributed by atoms with van der Waals surface area (Å²) in [6.45, 7) is 3.10. The van der Waals surface area contributed by atoms with Gasteiger partial charge < -0.3 is 9.47 Å². The molecule has 0 amide bonds. The van der Waals surface area contributed by atoms with Gasteiger partial charge >= 0.3 is 11.7 Å². The molecule has 0 aliphatic heterocycles. The van der Waals surface area contributed by atoms with Gasteiger partial charge in [-0.3, -0.25) is 18.7 Å². The van der Waals surface area contributed by atoms with Crippen molar-refractivity contribution < 1.29 is 14.3 Å². The molecule has 0 saturated heterocycles. The Hall–Kier alpha value is -3.56. The van der Waals surface area contributed by atoms with Crippen LogP contribution in [0.25, 0.3) is 11.0 Å². The predicted molar refractivity (Wildman–Crippen MR) is 145 cm³/mol. The van der Waals surface area contributed by atoms with E-state index in [0.29, 0.717) is 30.7 Å². The Morgan fingerprint density at radius 2 is 1.68 bits per heavy atom. The van der Waals surface area contributed by atoms with E-state index in [4.69, 9.17) is 9.47 Å². The van der Waals surface area contributed by atoms with Crippen molar-refractivity contribution in [2.45, 2.75) is 37.9 Å². The number of nitrogens with zero attached hydrogens (tertiary/aromatic N) is 3. The van der Waals surface area contributed by atoms with Crippen LogP contribution in [0.4, 0.5) is 0 Å². The number of esters is 1. The number of rotatable bonds is 11. The van der Waals surface area contributed by atoms with Crippen LogP contribution >= 0.6 is 15.9 Å². The predicted octanol–water partition coefficient (Wildman–Crippen LogP) is 3.69. The average Bonchev–Trinajstić information content (AvgIpc) is 2.92. The monoisotopic (exact) mass is 565 g/mol. The first-order chi connectivity index (χ1) is 18.0. The largest absolute Gasteiger partial charge is 0.465 e. The van der Waals surface area contributed by atoms with Gasteiger partial charge in [-0.15, -0.1) is 0 Å². The second-order valence-electron chi connectivity index (χ2n) is 8.48. The molecule has 1 unspecified atom stereocenters. The SMILES string of the molecule is CCOC(=O)C(Br)Cc1ccc(Cn2c(=O)n(CCOCc3ccccc3)c(=O)c3cccnc32)cc1. The third-order valence-electron chi connectivity index (χ3n) is 5.87. The quantitative estimate of drug-likeness (QED) is 0.156. The fraction of sp³-hybridized carbons (Fsp3) is 0.286. The summed E-state index contributed by atoms with van der Waals surface area (Å²) in [6.07, 6.45) is 2.05. The number of carbonyl (C=O) groups excluding carboxylic acids is 1. The number of fused-ring (bicyclic) bond motifs is 1. The molecule has 0 aliphatic rings. The van der Waals surface area contributed by atoms with Crippen LogP contribution in [0.1, 0.15) is 23.6 Å². The fourth-order valence-corrected chi connectivity index (χ4v) is 4.50. The minimum Gasteiger partial charge on any atom is -0.465 e. The van der Waals surface area contributed by atoms with Crippen LogP contribution in [0.15, 0.2) is 82.5 Å². The number of hydrogen-bond acceptors (Lipinski definition) is 6. The highest BCUT2D eigenvalue weighted by Gasteiger charge is 2.17. The second-order valence-corrected chi connectivity index (χ2v) is 9.58. The minimum absolute atomic E-state index is 0.134. The third kappa shape index (κ3) is 6.61. The summed E-state index contributed by atoms with van der Waals surface area (Å²) in [5.41, 5.74) is 2.36. The molecule has 0 spiro atoms. The first-order valence-electron chi connectivity index (χ1n) is 12.1. The standard InChI is InChI=1S/C28H28BrN3O5/c1-2-37-27(34)24(29)17-20-10-12-21(13-11-20)18-32-25-23(9-6-14-30-25)26(33)31(28(32)35)15-16-36-19-22-7-4-3-5-8-22/h3-14,24H,2,15-19H2,1H3. The molecule has 2 aromatic heterocycles. The molecule has 0 bridgehead atoms. The Balaban J connectivity index is 1.53. The van der Waals surface area contributed by atoms with Gasteiger partial charge in [-0.25, -0.2) is 9.78 Å². The lowest BCUT2D eigenvalue weighted by molar-refractivity contribution is -0.142. The number of pyridine rings is 1. The minimum atomic E-state index is -0.438. The van der Waals surface area contributed by atoms with Crippen LogP contribution < -0.4 is 11.2 Å². The number of hydrogen-bond donors (Lipinski definition) is 0. The van der Waals surface area contributed by atoms with Gasteiger partial charge in [-0.2, -0.15) is 0 Å². The Morgan fingerprint density at radius 3 is 2.41 bits per heavy atom. The maximum atomic E-state index is 13.4. The number of benzene rings is 2. The molecule has 1 atom stereocenters. The molecule has 37 heavy (non-hydrogen) atoms. The third-order valence-corrected chi connectivity index (χ3v) is 6.57. The Labute approximate surface area is 222 Å². The average molecular weight is 566 g/mol. The molecule has 8 nitrogen and oxygen atoms in total. The van der Waals surface area contributed by atoms with Gasteiger partial charge in [0.15, 0.2) is 0 Å². The van der Waals surface area contributed by atoms with Gasteiger partial charge in [0.1, 0.15) is 10.5 Å². The van der Waals surface area contributed by atoms with Crippen LogP contribution in [0.3, 0.4) is 0 Å². The van der Waals surface area contributed by atoms with Crippen molar-refractivity contribution in [2.24, 2.45) is 0 Å². The van der Waals surface area contributed by atoms with E-state index in [1.54, 1.807) is 25.3 Å². The van der Waals surface area contributed by atoms with Gasteiger partial charge in [0.2, 0.25) is 0 Å². The van der Waals surface area contributed by atoms with E-state index in [9.17, 15) is 14.4 Å². The molecule has 192 valence electrons.